The van der Waals surface area contributed by atoms with Gasteiger partial charge in [0, 0.05) is 37.1 Å². The van der Waals surface area contributed by atoms with Gasteiger partial charge in [0.1, 0.15) is 12.4 Å². The number of carbonyl (C=O) groups excluding carboxylic acids is 1. The van der Waals surface area contributed by atoms with E-state index in [2.05, 4.69) is 47.4 Å². The van der Waals surface area contributed by atoms with Crippen LogP contribution in [0.5, 0.6) is 5.75 Å². The number of hydrogen-bond acceptors (Lipinski definition) is 5. The molecule has 0 unspecified atom stereocenters. The molecular formula is C27H30N2O3S. The van der Waals surface area contributed by atoms with E-state index >= 15 is 0 Å². The summed E-state index contributed by atoms with van der Waals surface area (Å²) in [6.07, 6.45) is 2.45. The molecular weight excluding hydrogens is 432 g/mol. The highest BCUT2D eigenvalue weighted by molar-refractivity contribution is 7.08. The van der Waals surface area contributed by atoms with Crippen molar-refractivity contribution in [2.45, 2.75) is 38.6 Å². The molecule has 0 saturated carbocycles. The third kappa shape index (κ3) is 5.64. The lowest BCUT2D eigenvalue weighted by molar-refractivity contribution is -0.00394. The minimum Gasteiger partial charge on any atom is -0.491 e. The van der Waals surface area contributed by atoms with E-state index in [1.54, 1.807) is 11.3 Å². The molecule has 3 aromatic rings. The van der Waals surface area contributed by atoms with Crippen molar-refractivity contribution in [1.29, 1.82) is 0 Å². The highest BCUT2D eigenvalue weighted by Gasteiger charge is 2.23. The van der Waals surface area contributed by atoms with Crippen LogP contribution in [0.2, 0.25) is 0 Å². The summed E-state index contributed by atoms with van der Waals surface area (Å²) >= 11 is 1.55. The summed E-state index contributed by atoms with van der Waals surface area (Å²) in [6, 6.07) is 18.7. The summed E-state index contributed by atoms with van der Waals surface area (Å²) in [4.78, 5) is 17.2. The Morgan fingerprint density at radius 2 is 1.88 bits per heavy atom. The molecule has 33 heavy (non-hydrogen) atoms. The zero-order valence-corrected chi connectivity index (χ0v) is 19.6. The molecule has 0 bridgehead atoms. The lowest BCUT2D eigenvalue weighted by atomic mass is 10.0. The van der Waals surface area contributed by atoms with Crippen molar-refractivity contribution in [3.63, 3.8) is 0 Å². The van der Waals surface area contributed by atoms with Crippen molar-refractivity contribution in [3.05, 3.63) is 87.6 Å². The fraction of sp³-hybridized carbons (Fsp3) is 0.370. The van der Waals surface area contributed by atoms with Gasteiger partial charge < -0.3 is 14.4 Å². The van der Waals surface area contributed by atoms with Crippen molar-refractivity contribution in [2.75, 3.05) is 26.2 Å². The van der Waals surface area contributed by atoms with Gasteiger partial charge in [-0.15, -0.1) is 0 Å². The number of piperidine rings is 1. The molecule has 2 aliphatic heterocycles. The number of thiophene rings is 1. The van der Waals surface area contributed by atoms with Crippen LogP contribution in [0.25, 0.3) is 0 Å². The van der Waals surface area contributed by atoms with Crippen LogP contribution in [0.1, 0.15) is 39.9 Å². The summed E-state index contributed by atoms with van der Waals surface area (Å²) in [5.74, 6) is 0.975. The SMILES string of the molecule is O=C(c1ccsc1)N1CCOc2ccc(CN3CCC(OCc4ccccc4)CC3)cc2C1. The van der Waals surface area contributed by atoms with Crippen LogP contribution >= 0.6 is 11.3 Å². The fourth-order valence-electron chi connectivity index (χ4n) is 4.57. The maximum absolute atomic E-state index is 12.9. The minimum absolute atomic E-state index is 0.0793. The van der Waals surface area contributed by atoms with E-state index in [1.807, 2.05) is 27.8 Å². The summed E-state index contributed by atoms with van der Waals surface area (Å²) < 4.78 is 12.1. The minimum atomic E-state index is 0.0793. The zero-order chi connectivity index (χ0) is 22.5. The molecule has 1 amide bonds. The summed E-state index contributed by atoms with van der Waals surface area (Å²) in [6.45, 7) is 5.40. The summed E-state index contributed by atoms with van der Waals surface area (Å²) in [5, 5.41) is 3.86. The first-order valence-electron chi connectivity index (χ1n) is 11.7. The van der Waals surface area contributed by atoms with Gasteiger partial charge in [0.05, 0.1) is 24.8 Å². The predicted octanol–water partition coefficient (Wildman–Crippen LogP) is 4.96. The molecule has 172 valence electrons. The molecule has 2 aromatic carbocycles. The third-order valence-corrected chi connectivity index (χ3v) is 7.11. The number of likely N-dealkylation sites (tertiary alicyclic amines) is 1. The molecule has 1 fully saturated rings. The smallest absolute Gasteiger partial charge is 0.255 e. The number of benzene rings is 2. The zero-order valence-electron chi connectivity index (χ0n) is 18.8. The van der Waals surface area contributed by atoms with Gasteiger partial charge in [-0.3, -0.25) is 9.69 Å². The summed E-state index contributed by atoms with van der Waals surface area (Å²) in [5.41, 5.74) is 4.36. The van der Waals surface area contributed by atoms with Gasteiger partial charge in [-0.1, -0.05) is 36.4 Å². The second-order valence-corrected chi connectivity index (χ2v) is 9.58. The first kappa shape index (κ1) is 22.1. The summed E-state index contributed by atoms with van der Waals surface area (Å²) in [7, 11) is 0. The average Bonchev–Trinajstić information content (AvgIpc) is 3.31. The van der Waals surface area contributed by atoms with Gasteiger partial charge in [-0.05, 0) is 47.5 Å². The molecule has 0 aliphatic carbocycles. The van der Waals surface area contributed by atoms with Gasteiger partial charge in [-0.25, -0.2) is 0 Å². The molecule has 1 saturated heterocycles. The van der Waals surface area contributed by atoms with Gasteiger partial charge in [0.15, 0.2) is 0 Å². The molecule has 5 nitrogen and oxygen atoms in total. The molecule has 1 aromatic heterocycles. The Morgan fingerprint density at radius 1 is 1.03 bits per heavy atom. The van der Waals surface area contributed by atoms with Gasteiger partial charge in [0.2, 0.25) is 0 Å². The highest BCUT2D eigenvalue weighted by Crippen LogP contribution is 2.27. The monoisotopic (exact) mass is 462 g/mol. The Balaban J connectivity index is 1.16. The van der Waals surface area contributed by atoms with E-state index in [-0.39, 0.29) is 5.91 Å². The number of nitrogens with zero attached hydrogens (tertiary/aromatic N) is 2. The predicted molar refractivity (Wildman–Crippen MR) is 131 cm³/mol. The van der Waals surface area contributed by atoms with Crippen LogP contribution in [-0.2, 0) is 24.4 Å². The van der Waals surface area contributed by atoms with Crippen LogP contribution in [0.15, 0.2) is 65.4 Å². The average molecular weight is 463 g/mol. The molecule has 0 spiro atoms. The van der Waals surface area contributed by atoms with E-state index in [1.165, 1.54) is 11.1 Å². The maximum Gasteiger partial charge on any atom is 0.255 e. The van der Waals surface area contributed by atoms with Crippen LogP contribution in [-0.4, -0.2) is 48.1 Å². The molecule has 0 radical (unpaired) electrons. The molecule has 0 N–H and O–H groups in total. The first-order valence-corrected chi connectivity index (χ1v) is 12.6. The number of carbonyl (C=O) groups is 1. The van der Waals surface area contributed by atoms with Crippen LogP contribution < -0.4 is 4.74 Å². The fourth-order valence-corrected chi connectivity index (χ4v) is 5.20. The Labute approximate surface area is 199 Å². The molecule has 3 heterocycles. The van der Waals surface area contributed by atoms with E-state index in [0.29, 0.717) is 32.4 Å². The molecule has 6 heteroatoms. The van der Waals surface area contributed by atoms with Crippen LogP contribution in [0.3, 0.4) is 0 Å². The van der Waals surface area contributed by atoms with Crippen molar-refractivity contribution >= 4 is 17.2 Å². The Bertz CT molecular complexity index is 1050. The highest BCUT2D eigenvalue weighted by atomic mass is 32.1. The number of rotatable bonds is 6. The van der Waals surface area contributed by atoms with Gasteiger partial charge in [-0.2, -0.15) is 11.3 Å². The number of hydrogen-bond donors (Lipinski definition) is 0. The van der Waals surface area contributed by atoms with Crippen LogP contribution in [0, 0.1) is 0 Å². The molecule has 0 atom stereocenters. The number of fused-ring (bicyclic) bond motifs is 1. The van der Waals surface area contributed by atoms with Crippen molar-refractivity contribution in [1.82, 2.24) is 9.80 Å². The van der Waals surface area contributed by atoms with Crippen molar-refractivity contribution in [2.24, 2.45) is 0 Å². The van der Waals surface area contributed by atoms with Gasteiger partial charge in [0.25, 0.3) is 5.91 Å². The van der Waals surface area contributed by atoms with E-state index in [4.69, 9.17) is 9.47 Å². The lowest BCUT2D eigenvalue weighted by Crippen LogP contribution is -2.36. The normalized spacial score (nSPS) is 17.3. The largest absolute Gasteiger partial charge is 0.491 e. The second-order valence-electron chi connectivity index (χ2n) is 8.80. The van der Waals surface area contributed by atoms with Gasteiger partial charge >= 0.3 is 0 Å². The Hall–Kier alpha value is -2.67. The quantitative estimate of drug-likeness (QED) is 0.519. The lowest BCUT2D eigenvalue weighted by Gasteiger charge is -2.32. The Kier molecular flexibility index (Phi) is 7.05. The third-order valence-electron chi connectivity index (χ3n) is 6.43. The number of ether oxygens (including phenoxy) is 2. The molecule has 2 aliphatic rings. The standard InChI is InChI=1S/C27H30N2O3S/c30-27(23-10-15-33-20-23)29-13-14-31-26-7-6-22(16-24(26)18-29)17-28-11-8-25(9-12-28)32-19-21-4-2-1-3-5-21/h1-7,10,15-16,20,25H,8-9,11-14,17-19H2. The number of amides is 1. The van der Waals surface area contributed by atoms with E-state index in [0.717, 1.165) is 49.4 Å². The molecule has 5 rings (SSSR count). The van der Waals surface area contributed by atoms with Crippen LogP contribution in [0.4, 0.5) is 0 Å². The first-order chi connectivity index (χ1) is 16.2. The second kappa shape index (κ2) is 10.5. The Morgan fingerprint density at radius 3 is 2.67 bits per heavy atom. The van der Waals surface area contributed by atoms with Crippen molar-refractivity contribution in [3.8, 4) is 5.75 Å². The topological polar surface area (TPSA) is 42.0 Å². The van der Waals surface area contributed by atoms with Crippen molar-refractivity contribution < 1.29 is 14.3 Å². The maximum atomic E-state index is 12.9. The van der Waals surface area contributed by atoms with E-state index in [9.17, 15) is 4.79 Å². The van der Waals surface area contributed by atoms with E-state index < -0.39 is 0 Å².